The topological polar surface area (TPSA) is 43.7 Å². The number of nitrogens with zero attached hydrogens (tertiary/aromatic N) is 1. The van der Waals surface area contributed by atoms with Crippen molar-refractivity contribution in [3.8, 4) is 0 Å². The molecule has 3 nitrogen and oxygen atoms in total. The van der Waals surface area contributed by atoms with Crippen LogP contribution in [0.1, 0.15) is 25.7 Å². The van der Waals surface area contributed by atoms with Crippen LogP contribution >= 0.6 is 0 Å². The van der Waals surface area contributed by atoms with Crippen molar-refractivity contribution in [3.63, 3.8) is 0 Å². The van der Waals surface area contributed by atoms with Crippen molar-refractivity contribution in [2.75, 3.05) is 26.3 Å². The SMILES string of the molecule is OCCCN1CCCCC1CO. The third kappa shape index (κ3) is 2.73. The Kier molecular flexibility index (Phi) is 4.58. The standard InChI is InChI=1S/C9H19NO2/c11-7-3-6-10-5-2-1-4-9(10)8-12/h9,11-12H,1-8H2. The second-order valence-electron chi connectivity index (χ2n) is 3.45. The van der Waals surface area contributed by atoms with E-state index in [1.54, 1.807) is 0 Å². The van der Waals surface area contributed by atoms with Crippen molar-refractivity contribution >= 4 is 0 Å². The van der Waals surface area contributed by atoms with Gasteiger partial charge in [-0.1, -0.05) is 6.42 Å². The number of likely N-dealkylation sites (tertiary alicyclic amines) is 1. The largest absolute Gasteiger partial charge is 0.396 e. The molecule has 1 unspecified atom stereocenters. The Morgan fingerprint density at radius 2 is 2.08 bits per heavy atom. The summed E-state index contributed by atoms with van der Waals surface area (Å²) in [6.07, 6.45) is 4.42. The fraction of sp³-hybridized carbons (Fsp3) is 1.00. The molecule has 0 bridgehead atoms. The average Bonchev–Trinajstić information content (AvgIpc) is 2.15. The summed E-state index contributed by atoms with van der Waals surface area (Å²) in [4.78, 5) is 2.29. The maximum absolute atomic E-state index is 9.06. The Hall–Kier alpha value is -0.120. The smallest absolute Gasteiger partial charge is 0.0586 e. The summed E-state index contributed by atoms with van der Waals surface area (Å²) >= 11 is 0. The van der Waals surface area contributed by atoms with E-state index in [4.69, 9.17) is 10.2 Å². The van der Waals surface area contributed by atoms with Crippen LogP contribution in [-0.2, 0) is 0 Å². The second-order valence-corrected chi connectivity index (χ2v) is 3.45. The Morgan fingerprint density at radius 1 is 1.25 bits per heavy atom. The summed E-state index contributed by atoms with van der Waals surface area (Å²) in [6, 6.07) is 0.352. The minimum absolute atomic E-state index is 0.259. The molecular formula is C9H19NO2. The van der Waals surface area contributed by atoms with Crippen molar-refractivity contribution in [1.82, 2.24) is 4.90 Å². The average molecular weight is 173 g/mol. The van der Waals surface area contributed by atoms with Crippen LogP contribution < -0.4 is 0 Å². The highest BCUT2D eigenvalue weighted by Gasteiger charge is 2.20. The lowest BCUT2D eigenvalue weighted by Gasteiger charge is -2.34. The lowest BCUT2D eigenvalue weighted by molar-refractivity contribution is 0.0840. The molecule has 1 fully saturated rings. The summed E-state index contributed by atoms with van der Waals surface area (Å²) in [7, 11) is 0. The second kappa shape index (κ2) is 5.51. The van der Waals surface area contributed by atoms with Gasteiger partial charge in [0.25, 0.3) is 0 Å². The normalized spacial score (nSPS) is 26.0. The molecule has 0 aromatic heterocycles. The fourth-order valence-electron chi connectivity index (χ4n) is 1.83. The molecule has 0 aromatic rings. The van der Waals surface area contributed by atoms with Crippen LogP contribution in [0.4, 0.5) is 0 Å². The number of hydrogen-bond donors (Lipinski definition) is 2. The fourth-order valence-corrected chi connectivity index (χ4v) is 1.83. The zero-order chi connectivity index (χ0) is 8.81. The van der Waals surface area contributed by atoms with Gasteiger partial charge in [0.05, 0.1) is 6.61 Å². The van der Waals surface area contributed by atoms with Crippen molar-refractivity contribution in [3.05, 3.63) is 0 Å². The van der Waals surface area contributed by atoms with E-state index in [9.17, 15) is 0 Å². The van der Waals surface area contributed by atoms with Gasteiger partial charge in [0.2, 0.25) is 0 Å². The molecule has 1 heterocycles. The van der Waals surface area contributed by atoms with Gasteiger partial charge in [-0.05, 0) is 25.8 Å². The van der Waals surface area contributed by atoms with Crippen molar-refractivity contribution in [2.45, 2.75) is 31.7 Å². The van der Waals surface area contributed by atoms with Crippen LogP contribution in [0.25, 0.3) is 0 Å². The highest BCUT2D eigenvalue weighted by molar-refractivity contribution is 4.75. The first-order valence-electron chi connectivity index (χ1n) is 4.84. The molecule has 0 aliphatic carbocycles. The Bertz CT molecular complexity index is 119. The van der Waals surface area contributed by atoms with Gasteiger partial charge in [0, 0.05) is 19.2 Å². The molecule has 1 saturated heterocycles. The maximum Gasteiger partial charge on any atom is 0.0586 e. The monoisotopic (exact) mass is 173 g/mol. The first kappa shape index (κ1) is 9.96. The zero-order valence-electron chi connectivity index (χ0n) is 7.58. The number of aliphatic hydroxyl groups excluding tert-OH is 2. The molecule has 72 valence electrons. The molecule has 1 aliphatic rings. The Labute approximate surface area is 74.0 Å². The van der Waals surface area contributed by atoms with E-state index in [1.807, 2.05) is 0 Å². The van der Waals surface area contributed by atoms with Crippen LogP contribution in [-0.4, -0.2) is 47.5 Å². The lowest BCUT2D eigenvalue weighted by Crippen LogP contribution is -2.42. The molecule has 0 saturated carbocycles. The van der Waals surface area contributed by atoms with E-state index < -0.39 is 0 Å². The van der Waals surface area contributed by atoms with Gasteiger partial charge in [0.1, 0.15) is 0 Å². The number of aliphatic hydroxyl groups is 2. The molecular weight excluding hydrogens is 154 g/mol. The van der Waals surface area contributed by atoms with Gasteiger partial charge in [-0.15, -0.1) is 0 Å². The van der Waals surface area contributed by atoms with Crippen LogP contribution in [0.15, 0.2) is 0 Å². The maximum atomic E-state index is 9.06. The van der Waals surface area contributed by atoms with Crippen LogP contribution in [0.5, 0.6) is 0 Å². The minimum atomic E-state index is 0.259. The minimum Gasteiger partial charge on any atom is -0.396 e. The third-order valence-electron chi connectivity index (χ3n) is 2.56. The Balaban J connectivity index is 2.26. The van der Waals surface area contributed by atoms with Crippen molar-refractivity contribution in [2.24, 2.45) is 0 Å². The highest BCUT2D eigenvalue weighted by Crippen LogP contribution is 2.16. The predicted molar refractivity (Wildman–Crippen MR) is 48.0 cm³/mol. The molecule has 12 heavy (non-hydrogen) atoms. The molecule has 0 spiro atoms. The van der Waals surface area contributed by atoms with E-state index in [0.29, 0.717) is 6.04 Å². The van der Waals surface area contributed by atoms with Crippen molar-refractivity contribution < 1.29 is 10.2 Å². The molecule has 1 atom stereocenters. The van der Waals surface area contributed by atoms with Gasteiger partial charge in [-0.3, -0.25) is 4.90 Å². The third-order valence-corrected chi connectivity index (χ3v) is 2.56. The molecule has 0 radical (unpaired) electrons. The Morgan fingerprint density at radius 3 is 2.75 bits per heavy atom. The van der Waals surface area contributed by atoms with Crippen molar-refractivity contribution in [1.29, 1.82) is 0 Å². The van der Waals surface area contributed by atoms with E-state index >= 15 is 0 Å². The summed E-state index contributed by atoms with van der Waals surface area (Å²) in [6.45, 7) is 2.55. The molecule has 0 amide bonds. The van der Waals surface area contributed by atoms with E-state index in [0.717, 1.165) is 25.9 Å². The van der Waals surface area contributed by atoms with Gasteiger partial charge < -0.3 is 10.2 Å². The van der Waals surface area contributed by atoms with Crippen LogP contribution in [0.3, 0.4) is 0 Å². The van der Waals surface area contributed by atoms with E-state index in [1.165, 1.54) is 12.8 Å². The van der Waals surface area contributed by atoms with Crippen LogP contribution in [0.2, 0.25) is 0 Å². The molecule has 1 rings (SSSR count). The molecule has 1 aliphatic heterocycles. The first-order valence-corrected chi connectivity index (χ1v) is 4.84. The van der Waals surface area contributed by atoms with Gasteiger partial charge >= 0.3 is 0 Å². The lowest BCUT2D eigenvalue weighted by atomic mass is 10.0. The van der Waals surface area contributed by atoms with Gasteiger partial charge in [-0.25, -0.2) is 0 Å². The van der Waals surface area contributed by atoms with E-state index in [2.05, 4.69) is 4.90 Å². The van der Waals surface area contributed by atoms with Gasteiger partial charge in [0.15, 0.2) is 0 Å². The summed E-state index contributed by atoms with van der Waals surface area (Å²) in [5, 5.41) is 17.7. The summed E-state index contributed by atoms with van der Waals surface area (Å²) in [5.74, 6) is 0. The predicted octanol–water partition coefficient (Wildman–Crippen LogP) is 0.216. The number of piperidine rings is 1. The number of hydrogen-bond acceptors (Lipinski definition) is 3. The van der Waals surface area contributed by atoms with E-state index in [-0.39, 0.29) is 13.2 Å². The molecule has 3 heteroatoms. The summed E-state index contributed by atoms with van der Waals surface area (Å²) in [5.41, 5.74) is 0. The molecule has 0 aromatic carbocycles. The summed E-state index contributed by atoms with van der Waals surface area (Å²) < 4.78 is 0. The zero-order valence-corrected chi connectivity index (χ0v) is 7.58. The number of rotatable bonds is 4. The highest BCUT2D eigenvalue weighted by atomic mass is 16.3. The van der Waals surface area contributed by atoms with Gasteiger partial charge in [-0.2, -0.15) is 0 Å². The first-order chi connectivity index (χ1) is 5.88. The molecule has 2 N–H and O–H groups in total. The quantitative estimate of drug-likeness (QED) is 0.639. The van der Waals surface area contributed by atoms with Crippen LogP contribution in [0, 0.1) is 0 Å².